The van der Waals surface area contributed by atoms with E-state index in [1.807, 2.05) is 32.9 Å². The lowest BCUT2D eigenvalue weighted by Gasteiger charge is -2.33. The minimum Gasteiger partial charge on any atom is -0.444 e. The number of alkyl carbamates (subject to hydrolysis) is 1. The van der Waals surface area contributed by atoms with E-state index >= 15 is 0 Å². The van der Waals surface area contributed by atoms with Crippen LogP contribution >= 0.6 is 27.5 Å². The molecule has 0 bridgehead atoms. The van der Waals surface area contributed by atoms with E-state index in [0.29, 0.717) is 18.1 Å². The van der Waals surface area contributed by atoms with Gasteiger partial charge in [0.25, 0.3) is 0 Å². The minimum absolute atomic E-state index is 0.0265. The number of benzene rings is 1. The molecule has 2 amide bonds. The van der Waals surface area contributed by atoms with Gasteiger partial charge in [-0.25, -0.2) is 4.79 Å². The minimum atomic E-state index is -0.535. The van der Waals surface area contributed by atoms with Gasteiger partial charge in [0.15, 0.2) is 0 Å². The summed E-state index contributed by atoms with van der Waals surface area (Å²) in [6, 6.07) is 5.41. The molecule has 0 radical (unpaired) electrons. The summed E-state index contributed by atoms with van der Waals surface area (Å²) in [5, 5.41) is 3.45. The lowest BCUT2D eigenvalue weighted by molar-refractivity contribution is -0.131. The number of piperidine rings is 1. The highest BCUT2D eigenvalue weighted by Gasteiger charge is 2.27. The van der Waals surface area contributed by atoms with E-state index in [1.165, 1.54) is 0 Å². The molecule has 1 atom stereocenters. The summed E-state index contributed by atoms with van der Waals surface area (Å²) in [6.45, 7) is 6.67. The van der Waals surface area contributed by atoms with E-state index < -0.39 is 11.7 Å². The van der Waals surface area contributed by atoms with Crippen molar-refractivity contribution in [3.8, 4) is 0 Å². The number of nitrogens with zero attached hydrogens (tertiary/aromatic N) is 1. The second kappa shape index (κ2) is 8.41. The van der Waals surface area contributed by atoms with Crippen LogP contribution in [0.15, 0.2) is 22.7 Å². The van der Waals surface area contributed by atoms with E-state index in [-0.39, 0.29) is 18.4 Å². The zero-order valence-electron chi connectivity index (χ0n) is 14.8. The van der Waals surface area contributed by atoms with Gasteiger partial charge >= 0.3 is 6.09 Å². The maximum absolute atomic E-state index is 12.6. The predicted molar refractivity (Wildman–Crippen MR) is 102 cm³/mol. The van der Waals surface area contributed by atoms with Gasteiger partial charge in [0.05, 0.1) is 11.4 Å². The van der Waals surface area contributed by atoms with Crippen LogP contribution in [-0.2, 0) is 16.0 Å². The first-order valence-electron chi connectivity index (χ1n) is 8.36. The van der Waals surface area contributed by atoms with Crippen LogP contribution in [0.3, 0.4) is 0 Å². The molecule has 1 heterocycles. The summed E-state index contributed by atoms with van der Waals surface area (Å²) in [5.41, 5.74) is 0.326. The molecule has 25 heavy (non-hydrogen) atoms. The number of hydrogen-bond acceptors (Lipinski definition) is 3. The fourth-order valence-electron chi connectivity index (χ4n) is 2.76. The van der Waals surface area contributed by atoms with Gasteiger partial charge in [-0.1, -0.05) is 23.7 Å². The van der Waals surface area contributed by atoms with Gasteiger partial charge in [-0.3, -0.25) is 4.79 Å². The molecule has 1 fully saturated rings. The predicted octanol–water partition coefficient (Wildman–Crippen LogP) is 4.16. The number of amides is 2. The normalized spacial score (nSPS) is 18.0. The molecule has 2 rings (SSSR count). The number of hydrogen-bond donors (Lipinski definition) is 1. The van der Waals surface area contributed by atoms with E-state index in [2.05, 4.69) is 21.2 Å². The Hall–Kier alpha value is -1.27. The molecule has 5 nitrogen and oxygen atoms in total. The molecule has 1 aromatic carbocycles. The van der Waals surface area contributed by atoms with E-state index in [1.54, 1.807) is 11.0 Å². The van der Waals surface area contributed by atoms with Crippen LogP contribution in [0.1, 0.15) is 39.2 Å². The Morgan fingerprint density at radius 3 is 2.80 bits per heavy atom. The van der Waals surface area contributed by atoms with Gasteiger partial charge < -0.3 is 15.0 Å². The molecule has 7 heteroatoms. The summed E-state index contributed by atoms with van der Waals surface area (Å²) < 4.78 is 6.04. The molecular weight excluding hydrogens is 408 g/mol. The van der Waals surface area contributed by atoms with Crippen molar-refractivity contribution >= 4 is 39.5 Å². The summed E-state index contributed by atoms with van der Waals surface area (Å²) >= 11 is 9.51. The van der Waals surface area contributed by atoms with E-state index in [0.717, 1.165) is 22.9 Å². The Balaban J connectivity index is 1.93. The van der Waals surface area contributed by atoms with Gasteiger partial charge in [0.2, 0.25) is 5.91 Å². The molecule has 1 aliphatic rings. The Morgan fingerprint density at radius 2 is 2.12 bits per heavy atom. The Bertz CT molecular complexity index is 646. The van der Waals surface area contributed by atoms with Gasteiger partial charge in [-0.15, -0.1) is 0 Å². The molecule has 0 spiro atoms. The fraction of sp³-hybridized carbons (Fsp3) is 0.556. The Kier molecular flexibility index (Phi) is 6.74. The molecule has 1 aromatic rings. The average molecular weight is 432 g/mol. The smallest absolute Gasteiger partial charge is 0.407 e. The Labute approximate surface area is 162 Å². The maximum atomic E-state index is 12.6. The van der Waals surface area contributed by atoms with Crippen molar-refractivity contribution in [2.45, 2.75) is 51.7 Å². The quantitative estimate of drug-likeness (QED) is 0.782. The molecule has 1 saturated heterocycles. The maximum Gasteiger partial charge on any atom is 0.407 e. The summed E-state index contributed by atoms with van der Waals surface area (Å²) in [4.78, 5) is 26.3. The molecule has 0 aliphatic carbocycles. The van der Waals surface area contributed by atoms with Crippen molar-refractivity contribution in [3.63, 3.8) is 0 Å². The number of ether oxygens (including phenoxy) is 1. The zero-order valence-corrected chi connectivity index (χ0v) is 17.1. The Morgan fingerprint density at radius 1 is 1.40 bits per heavy atom. The summed E-state index contributed by atoms with van der Waals surface area (Å²) in [7, 11) is 0. The van der Waals surface area contributed by atoms with Crippen molar-refractivity contribution in [2.75, 3.05) is 13.1 Å². The first-order valence-corrected chi connectivity index (χ1v) is 9.53. The van der Waals surface area contributed by atoms with E-state index in [9.17, 15) is 9.59 Å². The van der Waals surface area contributed by atoms with E-state index in [4.69, 9.17) is 16.3 Å². The number of halogens is 2. The van der Waals surface area contributed by atoms with Crippen LogP contribution in [-0.4, -0.2) is 41.6 Å². The van der Waals surface area contributed by atoms with Crippen LogP contribution < -0.4 is 5.32 Å². The molecule has 0 saturated carbocycles. The first-order chi connectivity index (χ1) is 11.7. The second-order valence-corrected chi connectivity index (χ2v) is 8.42. The molecule has 1 aliphatic heterocycles. The fourth-order valence-corrected chi connectivity index (χ4v) is 3.35. The van der Waals surface area contributed by atoms with Gasteiger partial charge in [0.1, 0.15) is 5.60 Å². The highest BCUT2D eigenvalue weighted by molar-refractivity contribution is 9.10. The lowest BCUT2D eigenvalue weighted by Crippen LogP contribution is -2.50. The monoisotopic (exact) mass is 430 g/mol. The molecular formula is C18H24BrClN2O3. The number of likely N-dealkylation sites (tertiary alicyclic amines) is 1. The van der Waals surface area contributed by atoms with Crippen molar-refractivity contribution < 1.29 is 14.3 Å². The third-order valence-corrected chi connectivity index (χ3v) is 5.35. The second-order valence-electron chi connectivity index (χ2n) is 7.21. The van der Waals surface area contributed by atoms with Crippen LogP contribution in [0.2, 0.25) is 5.02 Å². The highest BCUT2D eigenvalue weighted by atomic mass is 79.9. The zero-order chi connectivity index (χ0) is 18.6. The average Bonchev–Trinajstić information content (AvgIpc) is 2.50. The highest BCUT2D eigenvalue weighted by Crippen LogP contribution is 2.27. The standard InChI is InChI=1S/C18H24BrClN2O3/c1-18(2,3)25-17(24)21-13-7-5-9-22(11-13)15(23)10-12-6-4-8-14(20)16(12)19/h4,6,8,13H,5,7,9-11H2,1-3H3,(H,21,24)/t13-/m0/s1. The molecule has 0 aromatic heterocycles. The lowest BCUT2D eigenvalue weighted by atomic mass is 10.0. The number of rotatable bonds is 3. The van der Waals surface area contributed by atoms with Gasteiger partial charge in [-0.2, -0.15) is 0 Å². The molecule has 0 unspecified atom stereocenters. The molecule has 1 N–H and O–H groups in total. The topological polar surface area (TPSA) is 58.6 Å². The van der Waals surface area contributed by atoms with Crippen LogP contribution in [0.25, 0.3) is 0 Å². The number of carbonyl (C=O) groups excluding carboxylic acids is 2. The van der Waals surface area contributed by atoms with Gasteiger partial charge in [0, 0.05) is 23.6 Å². The first kappa shape index (κ1) is 20.0. The van der Waals surface area contributed by atoms with Crippen molar-refractivity contribution in [2.24, 2.45) is 0 Å². The largest absolute Gasteiger partial charge is 0.444 e. The van der Waals surface area contributed by atoms with Crippen LogP contribution in [0, 0.1) is 0 Å². The molecule has 138 valence electrons. The van der Waals surface area contributed by atoms with Gasteiger partial charge in [-0.05, 0) is 61.2 Å². The summed E-state index contributed by atoms with van der Waals surface area (Å²) in [5.74, 6) is 0.0265. The third kappa shape index (κ3) is 6.19. The van der Waals surface area contributed by atoms with Crippen molar-refractivity contribution in [1.82, 2.24) is 10.2 Å². The SMILES string of the molecule is CC(C)(C)OC(=O)N[C@H]1CCCN(C(=O)Cc2cccc(Cl)c2Br)C1. The van der Waals surface area contributed by atoms with Crippen molar-refractivity contribution in [1.29, 1.82) is 0 Å². The number of carbonyl (C=O) groups is 2. The third-order valence-electron chi connectivity index (χ3n) is 3.87. The van der Waals surface area contributed by atoms with Crippen molar-refractivity contribution in [3.05, 3.63) is 33.3 Å². The summed E-state index contributed by atoms with van der Waals surface area (Å²) in [6.07, 6.45) is 1.52. The number of nitrogens with one attached hydrogen (secondary N) is 1. The van der Waals surface area contributed by atoms with Crippen LogP contribution in [0.4, 0.5) is 4.79 Å². The van der Waals surface area contributed by atoms with Crippen LogP contribution in [0.5, 0.6) is 0 Å².